The molecule has 27 heavy (non-hydrogen) atoms. The molecule has 0 spiro atoms. The summed E-state index contributed by atoms with van der Waals surface area (Å²) in [6, 6.07) is 14.5. The molecule has 0 fully saturated rings. The van der Waals surface area contributed by atoms with Gasteiger partial charge in [-0.2, -0.15) is 0 Å². The Morgan fingerprint density at radius 2 is 1.78 bits per heavy atom. The number of benzene rings is 2. The largest absolute Gasteiger partial charge is 0.495 e. The van der Waals surface area contributed by atoms with Crippen LogP contribution in [-0.2, 0) is 9.53 Å². The Balaban J connectivity index is 1.73. The molecule has 1 N–H and O–H groups in total. The number of nitrogens with one attached hydrogen (secondary N) is 1. The number of ether oxygens (including phenoxy) is 2. The van der Waals surface area contributed by atoms with Gasteiger partial charge in [0.15, 0.2) is 11.5 Å². The Hall–Kier alpha value is -3.61. The Morgan fingerprint density at radius 3 is 2.56 bits per heavy atom. The number of hydrogen-bond acceptors (Lipinski definition) is 6. The summed E-state index contributed by atoms with van der Waals surface area (Å²) in [6.07, 6.45) is -1.11. The van der Waals surface area contributed by atoms with E-state index in [0.717, 1.165) is 6.07 Å². The highest BCUT2D eigenvalue weighted by atomic mass is 16.6. The first kappa shape index (κ1) is 18.2. The fourth-order valence-corrected chi connectivity index (χ4v) is 2.46. The standard InChI is InChI=1S/C20H17NO6/c1-12(19(23)21-14-8-4-6-10-17(14)25-2)26-20(24)18-11-15(22)13-7-3-5-9-16(13)27-18/h3-12H,1-2H3,(H,21,23)/t12-/m1/s1. The van der Waals surface area contributed by atoms with Gasteiger partial charge < -0.3 is 19.2 Å². The van der Waals surface area contributed by atoms with Gasteiger partial charge in [0.05, 0.1) is 18.2 Å². The Bertz CT molecular complexity index is 1060. The van der Waals surface area contributed by atoms with Crippen molar-refractivity contribution < 1.29 is 23.5 Å². The molecule has 0 saturated carbocycles. The second-order valence-electron chi connectivity index (χ2n) is 5.71. The Kier molecular flexibility index (Phi) is 5.21. The molecule has 138 valence electrons. The highest BCUT2D eigenvalue weighted by Crippen LogP contribution is 2.23. The molecule has 3 aromatic rings. The van der Waals surface area contributed by atoms with E-state index in [4.69, 9.17) is 13.9 Å². The van der Waals surface area contributed by atoms with E-state index in [9.17, 15) is 14.4 Å². The zero-order chi connectivity index (χ0) is 19.4. The van der Waals surface area contributed by atoms with Crippen LogP contribution in [0, 0.1) is 0 Å². The normalized spacial score (nSPS) is 11.6. The Morgan fingerprint density at radius 1 is 1.07 bits per heavy atom. The molecule has 0 saturated heterocycles. The van der Waals surface area contributed by atoms with E-state index in [0.29, 0.717) is 16.8 Å². The van der Waals surface area contributed by atoms with Gasteiger partial charge in [-0.1, -0.05) is 24.3 Å². The highest BCUT2D eigenvalue weighted by molar-refractivity contribution is 5.97. The van der Waals surface area contributed by atoms with Crippen molar-refractivity contribution in [1.29, 1.82) is 0 Å². The summed E-state index contributed by atoms with van der Waals surface area (Å²) in [6.45, 7) is 1.42. The number of amides is 1. The fraction of sp³-hybridized carbons (Fsp3) is 0.150. The lowest BCUT2D eigenvalue weighted by Crippen LogP contribution is -2.30. The first-order valence-electron chi connectivity index (χ1n) is 8.17. The van der Waals surface area contributed by atoms with Crippen LogP contribution in [0.1, 0.15) is 17.5 Å². The number of anilines is 1. The molecule has 1 atom stereocenters. The predicted octanol–water partition coefficient (Wildman–Crippen LogP) is 2.99. The van der Waals surface area contributed by atoms with Crippen LogP contribution in [0.2, 0.25) is 0 Å². The SMILES string of the molecule is COc1ccccc1NC(=O)[C@@H](C)OC(=O)c1cc(=O)c2ccccc2o1. The highest BCUT2D eigenvalue weighted by Gasteiger charge is 2.22. The van der Waals surface area contributed by atoms with Crippen LogP contribution in [0.5, 0.6) is 5.75 Å². The van der Waals surface area contributed by atoms with Crippen molar-refractivity contribution in [1.82, 2.24) is 0 Å². The lowest BCUT2D eigenvalue weighted by Gasteiger charge is -2.14. The molecule has 1 heterocycles. The summed E-state index contributed by atoms with van der Waals surface area (Å²) >= 11 is 0. The van der Waals surface area contributed by atoms with Gasteiger partial charge in [-0.05, 0) is 31.2 Å². The first-order chi connectivity index (χ1) is 13.0. The molecule has 0 bridgehead atoms. The third-order valence-corrected chi connectivity index (χ3v) is 3.85. The summed E-state index contributed by atoms with van der Waals surface area (Å²) in [5.74, 6) is -1.24. The lowest BCUT2D eigenvalue weighted by molar-refractivity contribution is -0.123. The average molecular weight is 367 g/mol. The van der Waals surface area contributed by atoms with Gasteiger partial charge in [-0.3, -0.25) is 9.59 Å². The fourth-order valence-electron chi connectivity index (χ4n) is 2.46. The summed E-state index contributed by atoms with van der Waals surface area (Å²) in [4.78, 5) is 36.6. The number of hydrogen-bond donors (Lipinski definition) is 1. The van der Waals surface area contributed by atoms with Crippen molar-refractivity contribution >= 4 is 28.5 Å². The van der Waals surface area contributed by atoms with E-state index in [1.807, 2.05) is 0 Å². The molecule has 7 heteroatoms. The number of rotatable bonds is 5. The second kappa shape index (κ2) is 7.74. The van der Waals surface area contributed by atoms with Crippen molar-refractivity contribution in [2.24, 2.45) is 0 Å². The third-order valence-electron chi connectivity index (χ3n) is 3.85. The van der Waals surface area contributed by atoms with Crippen LogP contribution in [0.3, 0.4) is 0 Å². The van der Waals surface area contributed by atoms with E-state index in [2.05, 4.69) is 5.32 Å². The van der Waals surface area contributed by atoms with Gasteiger partial charge in [-0.25, -0.2) is 4.79 Å². The monoisotopic (exact) mass is 367 g/mol. The summed E-state index contributed by atoms with van der Waals surface area (Å²) in [5.41, 5.74) is 0.350. The number of methoxy groups -OCH3 is 1. The van der Waals surface area contributed by atoms with Crippen LogP contribution < -0.4 is 15.5 Å². The predicted molar refractivity (Wildman–Crippen MR) is 99.0 cm³/mol. The molecule has 2 aromatic carbocycles. The van der Waals surface area contributed by atoms with Gasteiger partial charge in [-0.15, -0.1) is 0 Å². The number of carbonyl (C=O) groups excluding carboxylic acids is 2. The minimum Gasteiger partial charge on any atom is -0.495 e. The van der Waals surface area contributed by atoms with E-state index in [-0.39, 0.29) is 16.8 Å². The van der Waals surface area contributed by atoms with E-state index in [1.54, 1.807) is 48.5 Å². The molecular weight excluding hydrogens is 350 g/mol. The van der Waals surface area contributed by atoms with Gasteiger partial charge in [0, 0.05) is 6.07 Å². The zero-order valence-corrected chi connectivity index (χ0v) is 14.7. The van der Waals surface area contributed by atoms with Crippen LogP contribution in [0.4, 0.5) is 5.69 Å². The maximum atomic E-state index is 12.3. The maximum absolute atomic E-state index is 12.3. The van der Waals surface area contributed by atoms with Crippen molar-refractivity contribution in [3.05, 3.63) is 70.6 Å². The first-order valence-corrected chi connectivity index (χ1v) is 8.17. The number of para-hydroxylation sites is 3. The quantitative estimate of drug-likeness (QED) is 0.697. The topological polar surface area (TPSA) is 94.8 Å². The minimum atomic E-state index is -1.11. The molecule has 0 aliphatic heterocycles. The molecular formula is C20H17NO6. The lowest BCUT2D eigenvalue weighted by atomic mass is 10.2. The van der Waals surface area contributed by atoms with Crippen molar-refractivity contribution in [3.63, 3.8) is 0 Å². The molecule has 1 amide bonds. The Labute approximate surface area is 154 Å². The van der Waals surface area contributed by atoms with Crippen LogP contribution >= 0.6 is 0 Å². The van der Waals surface area contributed by atoms with Gasteiger partial charge in [0.25, 0.3) is 5.91 Å². The van der Waals surface area contributed by atoms with E-state index >= 15 is 0 Å². The minimum absolute atomic E-state index is 0.267. The second-order valence-corrected chi connectivity index (χ2v) is 5.71. The van der Waals surface area contributed by atoms with Crippen molar-refractivity contribution in [2.75, 3.05) is 12.4 Å². The summed E-state index contributed by atoms with van der Waals surface area (Å²) < 4.78 is 15.7. The smallest absolute Gasteiger partial charge is 0.375 e. The van der Waals surface area contributed by atoms with E-state index < -0.39 is 18.0 Å². The summed E-state index contributed by atoms with van der Waals surface area (Å²) in [7, 11) is 1.48. The molecule has 0 aliphatic rings. The average Bonchev–Trinajstić information content (AvgIpc) is 2.68. The van der Waals surface area contributed by atoms with Crippen molar-refractivity contribution in [3.8, 4) is 5.75 Å². The maximum Gasteiger partial charge on any atom is 0.375 e. The number of esters is 1. The molecule has 0 radical (unpaired) electrons. The molecule has 7 nitrogen and oxygen atoms in total. The molecule has 0 aliphatic carbocycles. The number of fused-ring (bicyclic) bond motifs is 1. The van der Waals surface area contributed by atoms with Gasteiger partial charge in [0.2, 0.25) is 5.76 Å². The van der Waals surface area contributed by atoms with Gasteiger partial charge in [0.1, 0.15) is 11.3 Å². The van der Waals surface area contributed by atoms with Crippen LogP contribution in [0.15, 0.2) is 63.8 Å². The van der Waals surface area contributed by atoms with Gasteiger partial charge >= 0.3 is 5.97 Å². The zero-order valence-electron chi connectivity index (χ0n) is 14.7. The molecule has 0 unspecified atom stereocenters. The van der Waals surface area contributed by atoms with Crippen LogP contribution in [-0.4, -0.2) is 25.1 Å². The molecule has 3 rings (SSSR count). The van der Waals surface area contributed by atoms with E-state index in [1.165, 1.54) is 14.0 Å². The molecule has 1 aromatic heterocycles. The third kappa shape index (κ3) is 3.98. The summed E-state index contributed by atoms with van der Waals surface area (Å²) in [5, 5.41) is 2.98. The van der Waals surface area contributed by atoms with Crippen molar-refractivity contribution in [2.45, 2.75) is 13.0 Å². The van der Waals surface area contributed by atoms with Crippen LogP contribution in [0.25, 0.3) is 11.0 Å². The number of carbonyl (C=O) groups is 2.